The summed E-state index contributed by atoms with van der Waals surface area (Å²) in [6.07, 6.45) is 2.35. The van der Waals surface area contributed by atoms with E-state index in [1.165, 1.54) is 26.1 Å². The van der Waals surface area contributed by atoms with Gasteiger partial charge in [-0.05, 0) is 32.9 Å². The molecule has 1 rings (SSSR count). The van der Waals surface area contributed by atoms with Crippen molar-refractivity contribution in [1.82, 2.24) is 15.1 Å². The average molecular weight is 257 g/mol. The number of rotatable bonds is 8. The quantitative estimate of drug-likeness (QED) is 0.673. The van der Waals surface area contributed by atoms with Crippen LogP contribution in [-0.4, -0.2) is 72.9 Å². The molecule has 0 saturated carbocycles. The zero-order valence-corrected chi connectivity index (χ0v) is 12.4. The van der Waals surface area contributed by atoms with Gasteiger partial charge in [0.2, 0.25) is 0 Å². The number of aliphatic hydroxyl groups excluding tert-OH is 1. The summed E-state index contributed by atoms with van der Waals surface area (Å²) in [5.41, 5.74) is -0.150. The first-order valence-corrected chi connectivity index (χ1v) is 7.44. The largest absolute Gasteiger partial charge is 0.394 e. The van der Waals surface area contributed by atoms with Crippen molar-refractivity contribution in [2.75, 3.05) is 52.4 Å². The number of piperazine rings is 1. The molecule has 1 aliphatic rings. The van der Waals surface area contributed by atoms with E-state index in [0.717, 1.165) is 32.6 Å². The number of nitrogens with zero attached hydrogens (tertiary/aromatic N) is 2. The van der Waals surface area contributed by atoms with Crippen molar-refractivity contribution in [3.63, 3.8) is 0 Å². The maximum atomic E-state index is 9.58. The predicted octanol–water partition coefficient (Wildman–Crippen LogP) is 0.765. The van der Waals surface area contributed by atoms with E-state index in [-0.39, 0.29) is 12.1 Å². The van der Waals surface area contributed by atoms with Crippen LogP contribution in [0.5, 0.6) is 0 Å². The summed E-state index contributed by atoms with van der Waals surface area (Å²) in [6, 6.07) is 0. The molecule has 0 radical (unpaired) electrons. The highest BCUT2D eigenvalue weighted by Crippen LogP contribution is 2.10. The summed E-state index contributed by atoms with van der Waals surface area (Å²) in [5.74, 6) is 0. The zero-order valence-electron chi connectivity index (χ0n) is 12.4. The van der Waals surface area contributed by atoms with Gasteiger partial charge in [-0.2, -0.15) is 0 Å². The van der Waals surface area contributed by atoms with Gasteiger partial charge in [0.15, 0.2) is 0 Å². The maximum absolute atomic E-state index is 9.58. The summed E-state index contributed by atoms with van der Waals surface area (Å²) >= 11 is 0. The molecule has 1 saturated heterocycles. The molecule has 0 spiro atoms. The molecule has 18 heavy (non-hydrogen) atoms. The third kappa shape index (κ3) is 5.22. The van der Waals surface area contributed by atoms with Gasteiger partial charge < -0.3 is 15.3 Å². The Morgan fingerprint density at radius 1 is 1.06 bits per heavy atom. The van der Waals surface area contributed by atoms with E-state index >= 15 is 0 Å². The van der Waals surface area contributed by atoms with Crippen LogP contribution in [0.2, 0.25) is 0 Å². The van der Waals surface area contributed by atoms with Crippen LogP contribution in [0.3, 0.4) is 0 Å². The second-order valence-electron chi connectivity index (χ2n) is 5.76. The number of aliphatic hydroxyl groups is 1. The Kier molecular flexibility index (Phi) is 7.15. The van der Waals surface area contributed by atoms with Crippen molar-refractivity contribution in [2.24, 2.45) is 0 Å². The molecule has 4 heteroatoms. The summed E-state index contributed by atoms with van der Waals surface area (Å²) in [7, 11) is 0. The van der Waals surface area contributed by atoms with Crippen LogP contribution < -0.4 is 5.32 Å². The Labute approximate surface area is 112 Å². The number of nitrogens with one attached hydrogen (secondary N) is 1. The predicted molar refractivity (Wildman–Crippen MR) is 77.0 cm³/mol. The van der Waals surface area contributed by atoms with Crippen LogP contribution in [0, 0.1) is 0 Å². The SMILES string of the molecule is CCCNC(C)(CO)CN1CCN(CCC)CC1. The van der Waals surface area contributed by atoms with E-state index in [9.17, 15) is 5.11 Å². The van der Waals surface area contributed by atoms with Crippen molar-refractivity contribution in [3.05, 3.63) is 0 Å². The Morgan fingerprint density at radius 2 is 1.67 bits per heavy atom. The molecule has 1 fully saturated rings. The first kappa shape index (κ1) is 15.9. The maximum Gasteiger partial charge on any atom is 0.0623 e. The van der Waals surface area contributed by atoms with Gasteiger partial charge in [-0.3, -0.25) is 4.90 Å². The van der Waals surface area contributed by atoms with Gasteiger partial charge in [0.05, 0.1) is 12.1 Å². The van der Waals surface area contributed by atoms with Gasteiger partial charge in [-0.25, -0.2) is 0 Å². The molecule has 108 valence electrons. The lowest BCUT2D eigenvalue weighted by Crippen LogP contribution is -2.57. The highest BCUT2D eigenvalue weighted by molar-refractivity contribution is 4.87. The van der Waals surface area contributed by atoms with E-state index in [2.05, 4.69) is 35.9 Å². The highest BCUT2D eigenvalue weighted by atomic mass is 16.3. The Bertz CT molecular complexity index is 217. The van der Waals surface area contributed by atoms with Crippen LogP contribution in [0.1, 0.15) is 33.6 Å². The Hall–Kier alpha value is -0.160. The van der Waals surface area contributed by atoms with Gasteiger partial charge in [0, 0.05) is 32.7 Å². The zero-order chi connectivity index (χ0) is 13.4. The van der Waals surface area contributed by atoms with E-state index in [4.69, 9.17) is 0 Å². The minimum Gasteiger partial charge on any atom is -0.394 e. The first-order chi connectivity index (χ1) is 8.63. The van der Waals surface area contributed by atoms with Crippen LogP contribution in [-0.2, 0) is 0 Å². The average Bonchev–Trinajstić information content (AvgIpc) is 2.39. The molecule has 1 unspecified atom stereocenters. The lowest BCUT2D eigenvalue weighted by atomic mass is 10.0. The van der Waals surface area contributed by atoms with Crippen molar-refractivity contribution < 1.29 is 5.11 Å². The minimum absolute atomic E-state index is 0.150. The van der Waals surface area contributed by atoms with Crippen LogP contribution in [0.25, 0.3) is 0 Å². The Balaban J connectivity index is 2.33. The summed E-state index contributed by atoms with van der Waals surface area (Å²) in [5, 5.41) is 13.1. The van der Waals surface area contributed by atoms with Crippen molar-refractivity contribution >= 4 is 0 Å². The fraction of sp³-hybridized carbons (Fsp3) is 1.00. The fourth-order valence-corrected chi connectivity index (χ4v) is 2.57. The lowest BCUT2D eigenvalue weighted by Gasteiger charge is -2.40. The number of hydrogen-bond acceptors (Lipinski definition) is 4. The molecule has 4 nitrogen and oxygen atoms in total. The highest BCUT2D eigenvalue weighted by Gasteiger charge is 2.27. The number of hydrogen-bond donors (Lipinski definition) is 2. The molecule has 2 N–H and O–H groups in total. The topological polar surface area (TPSA) is 38.7 Å². The van der Waals surface area contributed by atoms with E-state index in [0.29, 0.717) is 0 Å². The van der Waals surface area contributed by atoms with Gasteiger partial charge in [0.25, 0.3) is 0 Å². The van der Waals surface area contributed by atoms with Crippen molar-refractivity contribution in [3.8, 4) is 0 Å². The monoisotopic (exact) mass is 257 g/mol. The van der Waals surface area contributed by atoms with Crippen LogP contribution in [0.4, 0.5) is 0 Å². The van der Waals surface area contributed by atoms with E-state index in [1.54, 1.807) is 0 Å². The van der Waals surface area contributed by atoms with Crippen LogP contribution >= 0.6 is 0 Å². The molecule has 0 aliphatic carbocycles. The van der Waals surface area contributed by atoms with Gasteiger partial charge >= 0.3 is 0 Å². The molecular formula is C14H31N3O. The molecule has 1 atom stereocenters. The summed E-state index contributed by atoms with van der Waals surface area (Å²) in [6.45, 7) is 14.5. The normalized spacial score (nSPS) is 22.0. The molecular weight excluding hydrogens is 226 g/mol. The van der Waals surface area contributed by atoms with E-state index < -0.39 is 0 Å². The Morgan fingerprint density at radius 3 is 2.17 bits per heavy atom. The second-order valence-corrected chi connectivity index (χ2v) is 5.76. The van der Waals surface area contributed by atoms with Gasteiger partial charge in [-0.1, -0.05) is 13.8 Å². The standard InChI is InChI=1S/C14H31N3O/c1-4-6-15-14(3,13-18)12-17-10-8-16(7-5-2)9-11-17/h15,18H,4-13H2,1-3H3. The van der Waals surface area contributed by atoms with Crippen molar-refractivity contribution in [2.45, 2.75) is 39.2 Å². The fourth-order valence-electron chi connectivity index (χ4n) is 2.57. The third-order valence-electron chi connectivity index (χ3n) is 3.73. The van der Waals surface area contributed by atoms with Gasteiger partial charge in [0.1, 0.15) is 0 Å². The first-order valence-electron chi connectivity index (χ1n) is 7.44. The minimum atomic E-state index is -0.150. The van der Waals surface area contributed by atoms with Crippen molar-refractivity contribution in [1.29, 1.82) is 0 Å². The summed E-state index contributed by atoms with van der Waals surface area (Å²) in [4.78, 5) is 5.01. The molecule has 1 heterocycles. The molecule has 0 bridgehead atoms. The van der Waals surface area contributed by atoms with E-state index in [1.807, 2.05) is 0 Å². The molecule has 1 aliphatic heterocycles. The molecule has 0 aromatic heterocycles. The molecule has 0 aromatic rings. The molecule has 0 amide bonds. The second kappa shape index (κ2) is 8.10. The smallest absolute Gasteiger partial charge is 0.0623 e. The molecule has 0 aromatic carbocycles. The summed E-state index contributed by atoms with van der Waals surface area (Å²) < 4.78 is 0. The van der Waals surface area contributed by atoms with Crippen LogP contribution in [0.15, 0.2) is 0 Å². The lowest BCUT2D eigenvalue weighted by molar-refractivity contribution is 0.0787. The van der Waals surface area contributed by atoms with Gasteiger partial charge in [-0.15, -0.1) is 0 Å². The third-order valence-corrected chi connectivity index (χ3v) is 3.73.